The standard InChI is InChI=1S/C13H14Br2OS/c14-11-4-8-1-2-16-13(8)9(5-11)3-10-6-17-7-12(10)15/h4-5,10,12H,1-3,6-7H2. The molecule has 2 unspecified atom stereocenters. The Bertz CT molecular complexity index is 436. The van der Waals surface area contributed by atoms with Crippen molar-refractivity contribution in [3.63, 3.8) is 0 Å². The molecule has 2 aliphatic rings. The summed E-state index contributed by atoms with van der Waals surface area (Å²) < 4.78 is 6.98. The highest BCUT2D eigenvalue weighted by atomic mass is 79.9. The SMILES string of the molecule is Brc1cc2c(c(CC3CSCC3Br)c1)OCC2. The molecule has 0 bridgehead atoms. The third kappa shape index (κ3) is 2.54. The zero-order valence-corrected chi connectivity index (χ0v) is 13.4. The number of fused-ring (bicyclic) bond motifs is 1. The fourth-order valence-electron chi connectivity index (χ4n) is 2.54. The number of hydrogen-bond acceptors (Lipinski definition) is 2. The maximum Gasteiger partial charge on any atom is 0.125 e. The summed E-state index contributed by atoms with van der Waals surface area (Å²) in [6.45, 7) is 0.843. The lowest BCUT2D eigenvalue weighted by Gasteiger charge is -2.15. The van der Waals surface area contributed by atoms with E-state index in [0.29, 0.717) is 4.83 Å². The van der Waals surface area contributed by atoms with Crippen LogP contribution in [0.5, 0.6) is 5.75 Å². The molecule has 0 saturated carbocycles. The largest absolute Gasteiger partial charge is 0.493 e. The van der Waals surface area contributed by atoms with Gasteiger partial charge in [-0.2, -0.15) is 11.8 Å². The quantitative estimate of drug-likeness (QED) is 0.719. The summed E-state index contributed by atoms with van der Waals surface area (Å²) in [5.74, 6) is 4.39. The minimum atomic E-state index is 0.656. The number of halogens is 2. The number of thioether (sulfide) groups is 1. The van der Waals surface area contributed by atoms with Crippen LogP contribution in [0.4, 0.5) is 0 Å². The van der Waals surface area contributed by atoms with Crippen molar-refractivity contribution < 1.29 is 4.74 Å². The van der Waals surface area contributed by atoms with Gasteiger partial charge in [0.25, 0.3) is 0 Å². The number of benzene rings is 1. The molecule has 92 valence electrons. The van der Waals surface area contributed by atoms with Gasteiger partial charge >= 0.3 is 0 Å². The average Bonchev–Trinajstić information content (AvgIpc) is 2.88. The fourth-order valence-corrected chi connectivity index (χ4v) is 5.56. The Morgan fingerprint density at radius 2 is 2.24 bits per heavy atom. The van der Waals surface area contributed by atoms with E-state index in [9.17, 15) is 0 Å². The molecule has 1 saturated heterocycles. The van der Waals surface area contributed by atoms with Crippen LogP contribution in [0.3, 0.4) is 0 Å². The molecule has 0 radical (unpaired) electrons. The van der Waals surface area contributed by atoms with E-state index >= 15 is 0 Å². The van der Waals surface area contributed by atoms with Crippen LogP contribution in [0.1, 0.15) is 11.1 Å². The van der Waals surface area contributed by atoms with Gasteiger partial charge in [0.05, 0.1) is 6.61 Å². The molecule has 17 heavy (non-hydrogen) atoms. The second kappa shape index (κ2) is 5.14. The molecule has 1 nitrogen and oxygen atoms in total. The monoisotopic (exact) mass is 376 g/mol. The van der Waals surface area contributed by atoms with E-state index in [-0.39, 0.29) is 0 Å². The van der Waals surface area contributed by atoms with E-state index in [1.165, 1.54) is 27.1 Å². The molecule has 2 aliphatic heterocycles. The van der Waals surface area contributed by atoms with Gasteiger partial charge in [-0.3, -0.25) is 0 Å². The molecule has 2 heterocycles. The Morgan fingerprint density at radius 3 is 3.00 bits per heavy atom. The van der Waals surface area contributed by atoms with E-state index in [0.717, 1.165) is 31.1 Å². The average molecular weight is 378 g/mol. The Balaban J connectivity index is 1.87. The van der Waals surface area contributed by atoms with Crippen LogP contribution in [0, 0.1) is 5.92 Å². The van der Waals surface area contributed by atoms with Crippen LogP contribution in [0.15, 0.2) is 16.6 Å². The van der Waals surface area contributed by atoms with Crippen molar-refractivity contribution in [3.8, 4) is 5.75 Å². The minimum Gasteiger partial charge on any atom is -0.493 e. The van der Waals surface area contributed by atoms with Gasteiger partial charge in [-0.1, -0.05) is 31.9 Å². The van der Waals surface area contributed by atoms with Crippen molar-refractivity contribution in [2.24, 2.45) is 5.92 Å². The molecule has 0 amide bonds. The van der Waals surface area contributed by atoms with Crippen LogP contribution in [-0.4, -0.2) is 22.9 Å². The van der Waals surface area contributed by atoms with E-state index < -0.39 is 0 Å². The van der Waals surface area contributed by atoms with Crippen molar-refractivity contribution in [2.75, 3.05) is 18.1 Å². The first-order valence-corrected chi connectivity index (χ1v) is 8.76. The molecule has 0 spiro atoms. The van der Waals surface area contributed by atoms with E-state index in [1.807, 2.05) is 11.8 Å². The molecule has 0 aliphatic carbocycles. The molecular weight excluding hydrogens is 364 g/mol. The number of ether oxygens (including phenoxy) is 1. The Kier molecular flexibility index (Phi) is 3.74. The Hall–Kier alpha value is 0.330. The van der Waals surface area contributed by atoms with Gasteiger partial charge in [0.2, 0.25) is 0 Å². The summed E-state index contributed by atoms with van der Waals surface area (Å²) in [6.07, 6.45) is 2.18. The van der Waals surface area contributed by atoms with Crippen molar-refractivity contribution in [1.82, 2.24) is 0 Å². The molecule has 1 fully saturated rings. The lowest BCUT2D eigenvalue weighted by molar-refractivity contribution is 0.351. The maximum absolute atomic E-state index is 5.79. The van der Waals surface area contributed by atoms with Crippen LogP contribution in [0.2, 0.25) is 0 Å². The van der Waals surface area contributed by atoms with Crippen molar-refractivity contribution in [2.45, 2.75) is 17.7 Å². The molecule has 1 aromatic rings. The van der Waals surface area contributed by atoms with Crippen LogP contribution in [0.25, 0.3) is 0 Å². The summed E-state index contributed by atoms with van der Waals surface area (Å²) in [7, 11) is 0. The van der Waals surface area contributed by atoms with Gasteiger partial charge in [-0.15, -0.1) is 0 Å². The highest BCUT2D eigenvalue weighted by molar-refractivity contribution is 9.10. The first-order valence-electron chi connectivity index (χ1n) is 5.90. The van der Waals surface area contributed by atoms with Crippen LogP contribution < -0.4 is 4.74 Å². The molecule has 0 N–H and O–H groups in total. The maximum atomic E-state index is 5.79. The van der Waals surface area contributed by atoms with Gasteiger partial charge in [0.1, 0.15) is 5.75 Å². The summed E-state index contributed by atoms with van der Waals surface area (Å²) in [5, 5.41) is 0. The number of hydrogen-bond donors (Lipinski definition) is 0. The van der Waals surface area contributed by atoms with Gasteiger partial charge in [-0.25, -0.2) is 0 Å². The summed E-state index contributed by atoms with van der Waals surface area (Å²) in [6, 6.07) is 4.42. The lowest BCUT2D eigenvalue weighted by Crippen LogP contribution is -2.14. The second-order valence-electron chi connectivity index (χ2n) is 4.67. The Labute approximate surface area is 123 Å². The van der Waals surface area contributed by atoms with Gasteiger partial charge < -0.3 is 4.74 Å². The van der Waals surface area contributed by atoms with Gasteiger partial charge in [-0.05, 0) is 41.4 Å². The fraction of sp³-hybridized carbons (Fsp3) is 0.538. The molecular formula is C13H14Br2OS. The summed E-state index contributed by atoms with van der Waals surface area (Å²) >= 11 is 9.44. The van der Waals surface area contributed by atoms with Gasteiger partial charge in [0, 0.05) is 21.5 Å². The van der Waals surface area contributed by atoms with Crippen molar-refractivity contribution in [3.05, 3.63) is 27.7 Å². The molecule has 3 rings (SSSR count). The predicted octanol–water partition coefficient (Wildman–Crippen LogP) is 4.05. The van der Waals surface area contributed by atoms with Crippen LogP contribution in [-0.2, 0) is 12.8 Å². The van der Waals surface area contributed by atoms with E-state index in [4.69, 9.17) is 4.74 Å². The van der Waals surface area contributed by atoms with Crippen LogP contribution >= 0.6 is 43.6 Å². The van der Waals surface area contributed by atoms with E-state index in [2.05, 4.69) is 44.0 Å². The molecule has 0 aromatic heterocycles. The summed E-state index contributed by atoms with van der Waals surface area (Å²) in [4.78, 5) is 0.656. The van der Waals surface area contributed by atoms with E-state index in [1.54, 1.807) is 0 Å². The highest BCUT2D eigenvalue weighted by Gasteiger charge is 2.28. The zero-order valence-electron chi connectivity index (χ0n) is 9.42. The zero-order chi connectivity index (χ0) is 11.8. The Morgan fingerprint density at radius 1 is 1.35 bits per heavy atom. The number of rotatable bonds is 2. The topological polar surface area (TPSA) is 9.23 Å². The predicted molar refractivity (Wildman–Crippen MR) is 80.6 cm³/mol. The smallest absolute Gasteiger partial charge is 0.125 e. The third-order valence-corrected chi connectivity index (χ3v) is 6.64. The molecule has 4 heteroatoms. The third-order valence-electron chi connectivity index (χ3n) is 3.43. The molecule has 1 aromatic carbocycles. The summed E-state index contributed by atoms with van der Waals surface area (Å²) in [5.41, 5.74) is 2.75. The van der Waals surface area contributed by atoms with Crippen molar-refractivity contribution in [1.29, 1.82) is 0 Å². The first kappa shape index (κ1) is 12.4. The normalized spacial score (nSPS) is 26.9. The lowest BCUT2D eigenvalue weighted by atomic mass is 9.96. The highest BCUT2D eigenvalue weighted by Crippen LogP contribution is 2.38. The first-order chi connectivity index (χ1) is 8.24. The second-order valence-corrected chi connectivity index (χ2v) is 7.84. The minimum absolute atomic E-state index is 0.656. The van der Waals surface area contributed by atoms with Crippen molar-refractivity contribution >= 4 is 43.6 Å². The molecule has 2 atom stereocenters. The van der Waals surface area contributed by atoms with Gasteiger partial charge in [0.15, 0.2) is 0 Å². The number of alkyl halides is 1.